The summed E-state index contributed by atoms with van der Waals surface area (Å²) in [4.78, 5) is 53.0. The number of aliphatic hydroxyl groups is 2. The summed E-state index contributed by atoms with van der Waals surface area (Å²) in [5.41, 5.74) is 2.75. The van der Waals surface area contributed by atoms with Gasteiger partial charge in [-0.05, 0) is 25.8 Å². The Kier molecular flexibility index (Phi) is 10.4. The molecule has 1 fully saturated rings. The minimum absolute atomic E-state index is 0. The van der Waals surface area contributed by atoms with E-state index in [0.717, 1.165) is 6.92 Å². The lowest BCUT2D eigenvalue weighted by Gasteiger charge is -2.43. The SMILES string of the molecule is CC[C@H](C)[C@H](N)C(=O)N[C@H]1C[C@H](O[C@H]2C[C@](O)(C(C)=O)Cc3c(O)c4c(c(O)c32)C(=O)c2c(OC)cccc2C4=O)O[C@@H](C)[C@H]1O.Cl. The van der Waals surface area contributed by atoms with E-state index in [2.05, 4.69) is 5.32 Å². The van der Waals surface area contributed by atoms with Gasteiger partial charge in [-0.3, -0.25) is 19.2 Å². The number of nitrogens with one attached hydrogen (secondary N) is 1. The molecule has 0 spiro atoms. The molecular weight excluding hydrogens is 636 g/mol. The second-order valence-electron chi connectivity index (χ2n) is 12.5. The third kappa shape index (κ3) is 6.12. The highest BCUT2D eigenvalue weighted by molar-refractivity contribution is 6.31. The molecule has 1 amide bonds. The number of fused-ring (bicyclic) bond motifs is 3. The topological polar surface area (TPSA) is 215 Å². The van der Waals surface area contributed by atoms with Crippen molar-refractivity contribution in [1.29, 1.82) is 0 Å². The zero-order valence-corrected chi connectivity index (χ0v) is 27.6. The fourth-order valence-electron chi connectivity index (χ4n) is 6.56. The van der Waals surface area contributed by atoms with Gasteiger partial charge in [0.15, 0.2) is 17.9 Å². The Morgan fingerprint density at radius 3 is 2.43 bits per heavy atom. The van der Waals surface area contributed by atoms with E-state index in [4.69, 9.17) is 19.9 Å². The van der Waals surface area contributed by atoms with Gasteiger partial charge in [0.1, 0.15) is 29.0 Å². The Morgan fingerprint density at radius 1 is 1.15 bits per heavy atom. The summed E-state index contributed by atoms with van der Waals surface area (Å²) < 4.78 is 17.4. The van der Waals surface area contributed by atoms with Crippen molar-refractivity contribution >= 4 is 35.7 Å². The fraction of sp³-hybridized carbons (Fsp3) is 0.515. The van der Waals surface area contributed by atoms with Gasteiger partial charge in [0.2, 0.25) is 11.7 Å². The number of carbonyl (C=O) groups is 4. The molecule has 0 bridgehead atoms. The Hall–Kier alpha value is -3.59. The number of methoxy groups -OCH3 is 1. The van der Waals surface area contributed by atoms with Crippen LogP contribution in [-0.4, -0.2) is 87.0 Å². The first-order valence-corrected chi connectivity index (χ1v) is 15.3. The maximum atomic E-state index is 13.8. The lowest BCUT2D eigenvalue weighted by molar-refractivity contribution is -0.249. The van der Waals surface area contributed by atoms with Crippen molar-refractivity contribution in [1.82, 2.24) is 5.32 Å². The number of ketones is 3. The van der Waals surface area contributed by atoms with E-state index in [1.165, 1.54) is 25.3 Å². The molecule has 2 aromatic rings. The summed E-state index contributed by atoms with van der Waals surface area (Å²) in [6.45, 7) is 6.48. The number of aromatic hydroxyl groups is 2. The van der Waals surface area contributed by atoms with Crippen LogP contribution in [0.2, 0.25) is 0 Å². The van der Waals surface area contributed by atoms with Crippen LogP contribution in [0.1, 0.15) is 96.0 Å². The highest BCUT2D eigenvalue weighted by Gasteiger charge is 2.49. The Labute approximate surface area is 277 Å². The number of ether oxygens (including phenoxy) is 3. The molecule has 2 aromatic carbocycles. The van der Waals surface area contributed by atoms with Crippen LogP contribution in [0.5, 0.6) is 17.2 Å². The molecule has 13 nitrogen and oxygen atoms in total. The molecule has 5 rings (SSSR count). The first-order chi connectivity index (χ1) is 21.6. The molecule has 2 aliphatic carbocycles. The number of hydrogen-bond acceptors (Lipinski definition) is 12. The van der Waals surface area contributed by atoms with Gasteiger partial charge in [-0.15, -0.1) is 12.4 Å². The van der Waals surface area contributed by atoms with E-state index in [-0.39, 0.29) is 52.7 Å². The Morgan fingerprint density at radius 2 is 1.81 bits per heavy atom. The summed E-state index contributed by atoms with van der Waals surface area (Å²) in [7, 11) is 1.33. The van der Waals surface area contributed by atoms with Crippen molar-refractivity contribution in [2.24, 2.45) is 11.7 Å². The van der Waals surface area contributed by atoms with Crippen LogP contribution in [-0.2, 0) is 25.5 Å². The van der Waals surface area contributed by atoms with Crippen molar-refractivity contribution in [2.75, 3.05) is 7.11 Å². The largest absolute Gasteiger partial charge is 0.507 e. The van der Waals surface area contributed by atoms with Crippen LogP contribution < -0.4 is 15.8 Å². The van der Waals surface area contributed by atoms with Crippen molar-refractivity contribution in [3.63, 3.8) is 0 Å². The third-order valence-electron chi connectivity index (χ3n) is 9.64. The van der Waals surface area contributed by atoms with Crippen molar-refractivity contribution in [3.8, 4) is 17.2 Å². The van der Waals surface area contributed by atoms with Crippen LogP contribution in [0.15, 0.2) is 18.2 Å². The van der Waals surface area contributed by atoms with Gasteiger partial charge in [0.25, 0.3) is 0 Å². The predicted molar refractivity (Wildman–Crippen MR) is 169 cm³/mol. The maximum absolute atomic E-state index is 13.8. The Balaban J connectivity index is 0.00000500. The summed E-state index contributed by atoms with van der Waals surface area (Å²) in [6.07, 6.45) is -4.71. The normalized spacial score (nSPS) is 27.8. The molecule has 14 heteroatoms. The van der Waals surface area contributed by atoms with Crippen LogP contribution in [0, 0.1) is 5.92 Å². The van der Waals surface area contributed by atoms with E-state index < -0.39 is 101 Å². The number of phenolic OH excluding ortho intramolecular Hbond substituents is 2. The van der Waals surface area contributed by atoms with Gasteiger partial charge in [0, 0.05) is 36.0 Å². The second-order valence-corrected chi connectivity index (χ2v) is 12.5. The molecule has 1 heterocycles. The lowest BCUT2D eigenvalue weighted by Crippen LogP contribution is -2.58. The average molecular weight is 677 g/mol. The molecule has 1 aliphatic heterocycles. The molecule has 256 valence electrons. The van der Waals surface area contributed by atoms with Crippen molar-refractivity contribution in [2.45, 2.75) is 95.7 Å². The number of carbonyl (C=O) groups excluding carboxylic acids is 4. The van der Waals surface area contributed by atoms with Crippen LogP contribution in [0.25, 0.3) is 0 Å². The average Bonchev–Trinajstić information content (AvgIpc) is 3.02. The smallest absolute Gasteiger partial charge is 0.237 e. The fourth-order valence-corrected chi connectivity index (χ4v) is 6.56. The van der Waals surface area contributed by atoms with E-state index >= 15 is 0 Å². The molecule has 47 heavy (non-hydrogen) atoms. The quantitative estimate of drug-likeness (QED) is 0.189. The molecule has 0 saturated carbocycles. The van der Waals surface area contributed by atoms with Gasteiger partial charge in [-0.1, -0.05) is 32.4 Å². The summed E-state index contributed by atoms with van der Waals surface area (Å²) in [5.74, 6) is -3.97. The minimum Gasteiger partial charge on any atom is -0.507 e. The number of rotatable bonds is 8. The molecule has 7 N–H and O–H groups in total. The van der Waals surface area contributed by atoms with Crippen LogP contribution >= 0.6 is 12.4 Å². The van der Waals surface area contributed by atoms with Crippen molar-refractivity contribution < 1.29 is 53.8 Å². The number of hydrogen-bond donors (Lipinski definition) is 6. The van der Waals surface area contributed by atoms with E-state index in [1.807, 2.05) is 13.8 Å². The molecule has 0 unspecified atom stereocenters. The highest BCUT2D eigenvalue weighted by atomic mass is 35.5. The number of aliphatic hydroxyl groups excluding tert-OH is 1. The summed E-state index contributed by atoms with van der Waals surface area (Å²) in [5, 5.41) is 48.2. The minimum atomic E-state index is -2.07. The lowest BCUT2D eigenvalue weighted by atomic mass is 9.72. The number of halogens is 1. The Bertz CT molecular complexity index is 1610. The van der Waals surface area contributed by atoms with Gasteiger partial charge in [-0.25, -0.2) is 0 Å². The molecule has 0 radical (unpaired) electrons. The van der Waals surface area contributed by atoms with Crippen LogP contribution in [0.4, 0.5) is 0 Å². The standard InChI is InChI=1S/C33H40N2O11.ClH/c1-6-13(2)26(34)32(42)35-18-10-21(45-14(3)27(18)37)46-20-12-33(43,15(4)36)11-17-23(20)31(41)25-24(29(17)39)28(38)16-8-7-9-19(44-5)22(16)30(25)40;/h7-9,13-14,18,20-21,26-27,37,39,41,43H,6,10-12,34H2,1-5H3,(H,35,42);1H/t13-,14-,18-,20-,21-,26-,27+,33-;/m0./s1. The first-order valence-electron chi connectivity index (χ1n) is 15.3. The maximum Gasteiger partial charge on any atom is 0.237 e. The highest BCUT2D eigenvalue weighted by Crippen LogP contribution is 2.52. The van der Waals surface area contributed by atoms with E-state index in [0.29, 0.717) is 6.42 Å². The molecule has 0 aromatic heterocycles. The first kappa shape index (κ1) is 36.2. The summed E-state index contributed by atoms with van der Waals surface area (Å²) in [6, 6.07) is 2.73. The van der Waals surface area contributed by atoms with E-state index in [9.17, 15) is 39.6 Å². The second kappa shape index (κ2) is 13.5. The number of Topliss-reactive ketones (excluding diaryl/α,β-unsaturated/α-hetero) is 1. The van der Waals surface area contributed by atoms with E-state index in [1.54, 1.807) is 6.92 Å². The number of amides is 1. The molecular formula is C33H41ClN2O11. The number of benzene rings is 2. The van der Waals surface area contributed by atoms with Crippen LogP contribution in [0.3, 0.4) is 0 Å². The molecule has 3 aliphatic rings. The van der Waals surface area contributed by atoms with Crippen molar-refractivity contribution in [3.05, 3.63) is 51.6 Å². The molecule has 8 atom stereocenters. The zero-order valence-electron chi connectivity index (χ0n) is 26.7. The van der Waals surface area contributed by atoms with Gasteiger partial charge in [-0.2, -0.15) is 0 Å². The third-order valence-corrected chi connectivity index (χ3v) is 9.64. The summed E-state index contributed by atoms with van der Waals surface area (Å²) >= 11 is 0. The molecule has 1 saturated heterocycles. The number of nitrogens with two attached hydrogens (primary N) is 1. The van der Waals surface area contributed by atoms with Gasteiger partial charge < -0.3 is 45.7 Å². The van der Waals surface area contributed by atoms with Gasteiger partial charge >= 0.3 is 0 Å². The number of phenols is 2. The monoisotopic (exact) mass is 676 g/mol. The predicted octanol–water partition coefficient (Wildman–Crippen LogP) is 1.98. The van der Waals surface area contributed by atoms with Gasteiger partial charge in [0.05, 0.1) is 48.1 Å². The zero-order chi connectivity index (χ0) is 33.8.